The van der Waals surface area contributed by atoms with Crippen LogP contribution in [0.5, 0.6) is 0 Å². The van der Waals surface area contributed by atoms with Crippen molar-refractivity contribution in [3.05, 3.63) is 0 Å². The van der Waals surface area contributed by atoms with Crippen LogP contribution in [-0.2, 0) is 0 Å². The van der Waals surface area contributed by atoms with Gasteiger partial charge in [0.1, 0.15) is 0 Å². The second-order valence-electron chi connectivity index (χ2n) is 4.12. The van der Waals surface area contributed by atoms with Crippen molar-refractivity contribution in [3.63, 3.8) is 0 Å². The van der Waals surface area contributed by atoms with Crippen molar-refractivity contribution in [2.45, 2.75) is 26.3 Å². The average molecular weight is 201 g/mol. The van der Waals surface area contributed by atoms with E-state index in [9.17, 15) is 0 Å². The van der Waals surface area contributed by atoms with E-state index < -0.39 is 0 Å². The van der Waals surface area contributed by atoms with Gasteiger partial charge in [0, 0.05) is 19.1 Å². The summed E-state index contributed by atoms with van der Waals surface area (Å²) in [6, 6.07) is 0.678. The van der Waals surface area contributed by atoms with Crippen LogP contribution in [0.25, 0.3) is 0 Å². The summed E-state index contributed by atoms with van der Waals surface area (Å²) in [5.41, 5.74) is 0. The third kappa shape index (κ3) is 6.35. The number of nitrogens with zero attached hydrogens (tertiary/aromatic N) is 2. The normalized spacial score (nSPS) is 13.9. The highest BCUT2D eigenvalue weighted by atomic mass is 15.1. The fourth-order valence-electron chi connectivity index (χ4n) is 1.29. The minimum atomic E-state index is 0.678. The van der Waals surface area contributed by atoms with Crippen LogP contribution >= 0.6 is 0 Å². The summed E-state index contributed by atoms with van der Waals surface area (Å²) in [5.74, 6) is 0. The maximum Gasteiger partial charge on any atom is 0.0106 e. The van der Waals surface area contributed by atoms with Gasteiger partial charge in [0.15, 0.2) is 0 Å². The van der Waals surface area contributed by atoms with Gasteiger partial charge >= 0.3 is 0 Å². The lowest BCUT2D eigenvalue weighted by molar-refractivity contribution is 0.222. The molecule has 0 aliphatic carbocycles. The Bertz CT molecular complexity index is 128. The zero-order valence-electron chi connectivity index (χ0n) is 10.5. The fraction of sp³-hybridized carbons (Fsp3) is 1.00. The third-order valence-electron chi connectivity index (χ3n) is 2.94. The van der Waals surface area contributed by atoms with Gasteiger partial charge in [-0.05, 0) is 47.6 Å². The van der Waals surface area contributed by atoms with Gasteiger partial charge in [0.2, 0.25) is 0 Å². The summed E-state index contributed by atoms with van der Waals surface area (Å²) in [5, 5.41) is 3.18. The van der Waals surface area contributed by atoms with Gasteiger partial charge < -0.3 is 15.1 Å². The Morgan fingerprint density at radius 2 is 1.86 bits per heavy atom. The Hall–Kier alpha value is -0.120. The van der Waals surface area contributed by atoms with Gasteiger partial charge in [-0.25, -0.2) is 0 Å². The van der Waals surface area contributed by atoms with Crippen molar-refractivity contribution < 1.29 is 0 Å². The molecule has 1 unspecified atom stereocenters. The molecule has 0 heterocycles. The maximum absolute atomic E-state index is 3.18. The quantitative estimate of drug-likeness (QED) is 0.628. The highest BCUT2D eigenvalue weighted by Gasteiger charge is 2.08. The number of hydrogen-bond donors (Lipinski definition) is 1. The number of likely N-dealkylation sites (N-methyl/N-ethyl adjacent to an activating group) is 2. The molecule has 0 aliphatic heterocycles. The van der Waals surface area contributed by atoms with Gasteiger partial charge in [-0.3, -0.25) is 0 Å². The van der Waals surface area contributed by atoms with Gasteiger partial charge in [-0.1, -0.05) is 6.92 Å². The van der Waals surface area contributed by atoms with Crippen LogP contribution in [0, 0.1) is 0 Å². The second kappa shape index (κ2) is 8.21. The summed E-state index contributed by atoms with van der Waals surface area (Å²) < 4.78 is 0. The Morgan fingerprint density at radius 1 is 1.21 bits per heavy atom. The highest BCUT2D eigenvalue weighted by Crippen LogP contribution is 2.01. The first-order chi connectivity index (χ1) is 6.61. The molecule has 3 heteroatoms. The Morgan fingerprint density at radius 3 is 2.36 bits per heavy atom. The largest absolute Gasteiger partial charge is 0.318 e. The number of hydrogen-bond acceptors (Lipinski definition) is 3. The molecule has 0 aliphatic rings. The molecule has 0 saturated heterocycles. The Kier molecular flexibility index (Phi) is 8.14. The van der Waals surface area contributed by atoms with Crippen LogP contribution in [0.2, 0.25) is 0 Å². The first kappa shape index (κ1) is 13.9. The van der Waals surface area contributed by atoms with Crippen LogP contribution in [0.3, 0.4) is 0 Å². The molecule has 1 atom stereocenters. The average Bonchev–Trinajstić information content (AvgIpc) is 2.21. The monoisotopic (exact) mass is 201 g/mol. The lowest BCUT2D eigenvalue weighted by Gasteiger charge is -2.26. The molecule has 0 aromatic rings. The van der Waals surface area contributed by atoms with Crippen molar-refractivity contribution >= 4 is 0 Å². The summed E-state index contributed by atoms with van der Waals surface area (Å²) >= 11 is 0. The van der Waals surface area contributed by atoms with Crippen molar-refractivity contribution in [1.82, 2.24) is 15.1 Å². The third-order valence-corrected chi connectivity index (χ3v) is 2.94. The van der Waals surface area contributed by atoms with Crippen molar-refractivity contribution in [1.29, 1.82) is 0 Å². The van der Waals surface area contributed by atoms with Gasteiger partial charge in [-0.2, -0.15) is 0 Å². The Balaban J connectivity index is 3.55. The predicted octanol–water partition coefficient (Wildman–Crippen LogP) is 0.868. The second-order valence-corrected chi connectivity index (χ2v) is 4.12. The van der Waals surface area contributed by atoms with E-state index in [0.717, 1.165) is 19.6 Å². The molecule has 14 heavy (non-hydrogen) atoms. The maximum atomic E-state index is 3.18. The van der Waals surface area contributed by atoms with Crippen LogP contribution < -0.4 is 5.32 Å². The highest BCUT2D eigenvalue weighted by molar-refractivity contribution is 4.65. The molecule has 0 rings (SSSR count). The van der Waals surface area contributed by atoms with Crippen molar-refractivity contribution in [2.24, 2.45) is 0 Å². The van der Waals surface area contributed by atoms with E-state index in [1.54, 1.807) is 0 Å². The summed E-state index contributed by atoms with van der Waals surface area (Å²) in [7, 11) is 6.39. The Labute approximate surface area is 89.5 Å². The van der Waals surface area contributed by atoms with Crippen LogP contribution in [0.15, 0.2) is 0 Å². The molecule has 3 nitrogen and oxygen atoms in total. The van der Waals surface area contributed by atoms with Gasteiger partial charge in [0.25, 0.3) is 0 Å². The van der Waals surface area contributed by atoms with Gasteiger partial charge in [0.05, 0.1) is 0 Å². The molecular weight excluding hydrogens is 174 g/mol. The van der Waals surface area contributed by atoms with Gasteiger partial charge in [-0.15, -0.1) is 0 Å². The molecule has 0 saturated carbocycles. The lowest BCUT2D eigenvalue weighted by Crippen LogP contribution is -2.36. The fourth-order valence-corrected chi connectivity index (χ4v) is 1.29. The van der Waals surface area contributed by atoms with E-state index in [2.05, 4.69) is 43.1 Å². The molecule has 0 spiro atoms. The van der Waals surface area contributed by atoms with E-state index >= 15 is 0 Å². The van der Waals surface area contributed by atoms with E-state index in [4.69, 9.17) is 0 Å². The molecule has 0 aromatic heterocycles. The molecule has 0 aromatic carbocycles. The molecule has 86 valence electrons. The molecule has 0 amide bonds. The predicted molar refractivity (Wildman–Crippen MR) is 63.8 cm³/mol. The molecule has 0 bridgehead atoms. The topological polar surface area (TPSA) is 18.5 Å². The smallest absolute Gasteiger partial charge is 0.0106 e. The standard InChI is InChI=1S/C11H27N3/c1-6-13(4)9-7-11(2)14(5)10-8-12-3/h11-12H,6-10H2,1-5H3. The number of rotatable bonds is 8. The molecule has 0 fully saturated rings. The zero-order chi connectivity index (χ0) is 11.0. The summed E-state index contributed by atoms with van der Waals surface area (Å²) in [6.45, 7) is 9.06. The molecule has 1 N–H and O–H groups in total. The first-order valence-corrected chi connectivity index (χ1v) is 5.65. The lowest BCUT2D eigenvalue weighted by atomic mass is 10.2. The minimum absolute atomic E-state index is 0.678. The summed E-state index contributed by atoms with van der Waals surface area (Å²) in [6.07, 6.45) is 1.25. The first-order valence-electron chi connectivity index (χ1n) is 5.65. The SMILES string of the molecule is CCN(C)CCC(C)N(C)CCNC. The molecular formula is C11H27N3. The van der Waals surface area contributed by atoms with Crippen LogP contribution in [0.4, 0.5) is 0 Å². The van der Waals surface area contributed by atoms with E-state index in [-0.39, 0.29) is 0 Å². The van der Waals surface area contributed by atoms with Crippen molar-refractivity contribution in [3.8, 4) is 0 Å². The van der Waals surface area contributed by atoms with Crippen molar-refractivity contribution in [2.75, 3.05) is 47.3 Å². The van der Waals surface area contributed by atoms with Crippen LogP contribution in [0.1, 0.15) is 20.3 Å². The molecule has 0 radical (unpaired) electrons. The zero-order valence-corrected chi connectivity index (χ0v) is 10.5. The minimum Gasteiger partial charge on any atom is -0.318 e. The van der Waals surface area contributed by atoms with E-state index in [0.29, 0.717) is 6.04 Å². The van der Waals surface area contributed by atoms with Crippen LogP contribution in [-0.4, -0.2) is 63.2 Å². The summed E-state index contributed by atoms with van der Waals surface area (Å²) in [4.78, 5) is 4.78. The van der Waals surface area contributed by atoms with E-state index in [1.165, 1.54) is 13.0 Å². The van der Waals surface area contributed by atoms with E-state index in [1.807, 2.05) is 7.05 Å². The number of nitrogens with one attached hydrogen (secondary N) is 1.